The Hall–Kier alpha value is -2.95. The molecule has 0 aliphatic heterocycles. The van der Waals surface area contributed by atoms with E-state index in [2.05, 4.69) is 25.5 Å². The fourth-order valence-corrected chi connectivity index (χ4v) is 4.36. The van der Waals surface area contributed by atoms with Crippen LogP contribution in [0.4, 0.5) is 8.78 Å². The fraction of sp³-hybridized carbons (Fsp3) is 0.591. The molecule has 0 bridgehead atoms. The van der Waals surface area contributed by atoms with Gasteiger partial charge in [0, 0.05) is 39.1 Å². The second-order valence-corrected chi connectivity index (χ2v) is 8.47. The Balaban J connectivity index is 1.66. The minimum Gasteiger partial charge on any atom is -0.384 e. The van der Waals surface area contributed by atoms with Gasteiger partial charge in [-0.25, -0.2) is 23.3 Å². The first-order valence-corrected chi connectivity index (χ1v) is 11.2. The van der Waals surface area contributed by atoms with Crippen LogP contribution in [0.2, 0.25) is 0 Å². The molecule has 3 aromatic heterocycles. The third kappa shape index (κ3) is 5.02. The summed E-state index contributed by atoms with van der Waals surface area (Å²) in [6.07, 6.45) is 4.06. The van der Waals surface area contributed by atoms with Crippen LogP contribution in [0.25, 0.3) is 5.78 Å². The van der Waals surface area contributed by atoms with Crippen LogP contribution in [-0.4, -0.2) is 54.9 Å². The van der Waals surface area contributed by atoms with E-state index in [-0.39, 0.29) is 37.5 Å². The Kier molecular flexibility index (Phi) is 6.68. The van der Waals surface area contributed by atoms with Gasteiger partial charge in [0.15, 0.2) is 0 Å². The lowest BCUT2D eigenvalue weighted by Gasteiger charge is -2.33. The number of imidazole rings is 1. The van der Waals surface area contributed by atoms with E-state index in [0.717, 1.165) is 11.4 Å². The van der Waals surface area contributed by atoms with E-state index in [1.807, 2.05) is 13.8 Å². The van der Waals surface area contributed by atoms with E-state index in [9.17, 15) is 13.6 Å². The van der Waals surface area contributed by atoms with Crippen molar-refractivity contribution in [2.24, 2.45) is 5.92 Å². The maximum atomic E-state index is 13.8. The van der Waals surface area contributed by atoms with Gasteiger partial charge in [-0.3, -0.25) is 9.48 Å². The molecule has 1 amide bonds. The number of carbonyl (C=O) groups is 1. The van der Waals surface area contributed by atoms with Crippen LogP contribution in [-0.2, 0) is 17.7 Å². The summed E-state index contributed by atoms with van der Waals surface area (Å²) in [6.45, 7) is 4.82. The molecule has 33 heavy (non-hydrogen) atoms. The van der Waals surface area contributed by atoms with E-state index in [1.54, 1.807) is 34.8 Å². The number of carbonyl (C=O) groups excluding carboxylic acids is 1. The third-order valence-corrected chi connectivity index (χ3v) is 6.23. The number of amides is 1. The summed E-state index contributed by atoms with van der Waals surface area (Å²) in [5, 5.41) is 11.7. The highest BCUT2D eigenvalue weighted by atomic mass is 19.3. The molecule has 1 N–H and O–H groups in total. The van der Waals surface area contributed by atoms with Gasteiger partial charge in [0.05, 0.1) is 35.9 Å². The Morgan fingerprint density at radius 3 is 2.79 bits per heavy atom. The molecule has 1 unspecified atom stereocenters. The van der Waals surface area contributed by atoms with E-state index in [1.165, 1.54) is 0 Å². The molecule has 1 atom stereocenters. The van der Waals surface area contributed by atoms with Crippen molar-refractivity contribution in [2.75, 3.05) is 13.7 Å². The number of aromatic nitrogens is 6. The number of rotatable bonds is 8. The smallest absolute Gasteiger partial charge is 0.270 e. The number of fused-ring (bicyclic) bond motifs is 1. The highest BCUT2D eigenvalue weighted by Crippen LogP contribution is 2.41. The van der Waals surface area contributed by atoms with Gasteiger partial charge in [-0.1, -0.05) is 0 Å². The van der Waals surface area contributed by atoms with Gasteiger partial charge in [-0.05, 0) is 38.7 Å². The van der Waals surface area contributed by atoms with Gasteiger partial charge in [0.1, 0.15) is 5.69 Å². The SMILES string of the molecule is CCn1nccc1C(=O)NC(c1cn2nc(C)c(CCOC)nc2n1)C1CCC(F)(F)CC1. The van der Waals surface area contributed by atoms with Crippen LogP contribution in [0.3, 0.4) is 0 Å². The molecule has 0 aromatic carbocycles. The maximum absolute atomic E-state index is 13.8. The zero-order valence-electron chi connectivity index (χ0n) is 19.1. The molecular weight excluding hydrogens is 432 g/mol. The number of halogens is 2. The number of hydrogen-bond donors (Lipinski definition) is 1. The van der Waals surface area contributed by atoms with Crippen LogP contribution in [0, 0.1) is 12.8 Å². The monoisotopic (exact) mass is 461 g/mol. The first-order chi connectivity index (χ1) is 15.8. The van der Waals surface area contributed by atoms with E-state index < -0.39 is 12.0 Å². The van der Waals surface area contributed by atoms with Crippen molar-refractivity contribution in [3.8, 4) is 0 Å². The normalized spacial score (nSPS) is 17.4. The van der Waals surface area contributed by atoms with Crippen molar-refractivity contribution >= 4 is 11.7 Å². The number of methoxy groups -OCH3 is 1. The molecule has 178 valence electrons. The molecule has 1 saturated carbocycles. The van der Waals surface area contributed by atoms with Crippen LogP contribution in [0.5, 0.6) is 0 Å². The Bertz CT molecular complexity index is 1120. The van der Waals surface area contributed by atoms with Crippen molar-refractivity contribution < 1.29 is 18.3 Å². The quantitative estimate of drug-likeness (QED) is 0.553. The first-order valence-electron chi connectivity index (χ1n) is 11.2. The van der Waals surface area contributed by atoms with Crippen molar-refractivity contribution in [2.45, 2.75) is 64.5 Å². The topological polar surface area (TPSA) is 99.2 Å². The first kappa shape index (κ1) is 23.2. The van der Waals surface area contributed by atoms with E-state index >= 15 is 0 Å². The van der Waals surface area contributed by atoms with Crippen LogP contribution in [0.15, 0.2) is 18.5 Å². The minimum absolute atomic E-state index is 0.175. The molecule has 0 spiro atoms. The number of aryl methyl sites for hydroxylation is 2. The highest BCUT2D eigenvalue weighted by molar-refractivity contribution is 5.92. The lowest BCUT2D eigenvalue weighted by Crippen LogP contribution is -2.38. The van der Waals surface area contributed by atoms with Crippen molar-refractivity contribution in [3.63, 3.8) is 0 Å². The summed E-state index contributed by atoms with van der Waals surface area (Å²) in [4.78, 5) is 22.3. The van der Waals surface area contributed by atoms with Gasteiger partial charge < -0.3 is 10.1 Å². The Morgan fingerprint density at radius 1 is 1.33 bits per heavy atom. The molecule has 3 heterocycles. The summed E-state index contributed by atoms with van der Waals surface area (Å²) in [5.74, 6) is -2.75. The van der Waals surface area contributed by atoms with Crippen LogP contribution >= 0.6 is 0 Å². The number of hydrogen-bond acceptors (Lipinski definition) is 6. The van der Waals surface area contributed by atoms with Crippen LogP contribution < -0.4 is 5.32 Å². The summed E-state index contributed by atoms with van der Waals surface area (Å²) in [6, 6.07) is 1.10. The molecule has 0 saturated heterocycles. The molecule has 1 aliphatic carbocycles. The van der Waals surface area contributed by atoms with E-state index in [4.69, 9.17) is 4.74 Å². The molecule has 0 radical (unpaired) electrons. The summed E-state index contributed by atoms with van der Waals surface area (Å²) >= 11 is 0. The Labute approximate surface area is 190 Å². The lowest BCUT2D eigenvalue weighted by atomic mass is 9.81. The summed E-state index contributed by atoms with van der Waals surface area (Å²) in [7, 11) is 1.63. The zero-order chi connectivity index (χ0) is 23.6. The standard InChI is InChI=1S/C22H29F2N7O2/c1-4-30-18(7-11-25-30)20(32)28-19(15-5-9-22(23,24)10-6-15)17-13-31-21(27-17)26-16(8-12-33-3)14(2)29-31/h7,11,13,15,19H,4-6,8-10,12H2,1-3H3,(H,28,32). The van der Waals surface area contributed by atoms with Gasteiger partial charge in [-0.2, -0.15) is 10.2 Å². The molecule has 1 aliphatic rings. The van der Waals surface area contributed by atoms with Crippen LogP contribution in [0.1, 0.15) is 66.2 Å². The number of nitrogens with one attached hydrogen (secondary N) is 1. The Morgan fingerprint density at radius 2 is 2.09 bits per heavy atom. The van der Waals surface area contributed by atoms with Crippen molar-refractivity contribution in [1.82, 2.24) is 34.7 Å². The average Bonchev–Trinajstić information content (AvgIpc) is 3.42. The summed E-state index contributed by atoms with van der Waals surface area (Å²) in [5.41, 5.74) is 2.52. The molecule has 11 heteroatoms. The third-order valence-electron chi connectivity index (χ3n) is 6.23. The molecule has 9 nitrogen and oxygen atoms in total. The van der Waals surface area contributed by atoms with Gasteiger partial charge in [-0.15, -0.1) is 0 Å². The molecule has 1 fully saturated rings. The van der Waals surface area contributed by atoms with Crippen molar-refractivity contribution in [1.29, 1.82) is 0 Å². The summed E-state index contributed by atoms with van der Waals surface area (Å²) < 4.78 is 36.0. The lowest BCUT2D eigenvalue weighted by molar-refractivity contribution is -0.0495. The minimum atomic E-state index is -2.67. The predicted octanol–water partition coefficient (Wildman–Crippen LogP) is 3.13. The van der Waals surface area contributed by atoms with Crippen molar-refractivity contribution in [3.05, 3.63) is 41.2 Å². The van der Waals surface area contributed by atoms with E-state index in [0.29, 0.717) is 36.7 Å². The fourth-order valence-electron chi connectivity index (χ4n) is 4.36. The molecule has 4 rings (SSSR count). The molecular formula is C22H29F2N7O2. The van der Waals surface area contributed by atoms with Gasteiger partial charge in [0.2, 0.25) is 5.92 Å². The number of ether oxygens (including phenoxy) is 1. The zero-order valence-corrected chi connectivity index (χ0v) is 19.1. The molecule has 3 aromatic rings. The number of alkyl halides is 2. The number of nitrogens with zero attached hydrogens (tertiary/aromatic N) is 6. The van der Waals surface area contributed by atoms with Gasteiger partial charge in [0.25, 0.3) is 11.7 Å². The van der Waals surface area contributed by atoms with Gasteiger partial charge >= 0.3 is 0 Å². The largest absolute Gasteiger partial charge is 0.384 e. The maximum Gasteiger partial charge on any atom is 0.270 e. The predicted molar refractivity (Wildman–Crippen MR) is 116 cm³/mol. The second-order valence-electron chi connectivity index (χ2n) is 8.47. The average molecular weight is 462 g/mol. The highest BCUT2D eigenvalue weighted by Gasteiger charge is 2.39. The second kappa shape index (κ2) is 9.50.